The van der Waals surface area contributed by atoms with Crippen LogP contribution in [0, 0.1) is 5.82 Å². The van der Waals surface area contributed by atoms with Crippen molar-refractivity contribution in [1.29, 1.82) is 0 Å². The molecule has 1 aromatic carbocycles. The molecule has 6 nitrogen and oxygen atoms in total. The van der Waals surface area contributed by atoms with Crippen LogP contribution in [0.3, 0.4) is 0 Å². The Balaban J connectivity index is 2.28. The molecule has 2 aromatic rings. The third-order valence-electron chi connectivity index (χ3n) is 2.82. The van der Waals surface area contributed by atoms with E-state index >= 15 is 0 Å². The number of amides is 2. The number of nitrogens with zero attached hydrogens (tertiary/aromatic N) is 2. The van der Waals surface area contributed by atoms with Gasteiger partial charge in [0.1, 0.15) is 11.2 Å². The normalized spacial score (nSPS) is 11.8. The summed E-state index contributed by atoms with van der Waals surface area (Å²) in [4.78, 5) is 23.9. The molecule has 0 saturated carbocycles. The van der Waals surface area contributed by atoms with Crippen LogP contribution in [0.4, 0.5) is 15.8 Å². The number of carbonyl (C=O) groups is 2. The van der Waals surface area contributed by atoms with Gasteiger partial charge in [-0.25, -0.2) is 4.39 Å². The van der Waals surface area contributed by atoms with Crippen LogP contribution in [0.2, 0.25) is 0 Å². The van der Waals surface area contributed by atoms with Crippen LogP contribution in [-0.2, 0) is 11.8 Å². The molecule has 0 aliphatic carbocycles. The third kappa shape index (κ3) is 3.62. The summed E-state index contributed by atoms with van der Waals surface area (Å²) in [5, 5.41) is 8.04. The largest absolute Gasteiger partial charge is 0.324 e. The SMILES string of the molecule is CC(Cl)C(=O)Nc1cccc(F)c1C(=O)Nc1cnn(C)c1. The van der Waals surface area contributed by atoms with Crippen LogP contribution < -0.4 is 10.6 Å². The fourth-order valence-corrected chi connectivity index (χ4v) is 1.83. The molecule has 0 spiro atoms. The van der Waals surface area contributed by atoms with Gasteiger partial charge in [0.25, 0.3) is 5.91 Å². The van der Waals surface area contributed by atoms with Crippen LogP contribution in [0.25, 0.3) is 0 Å². The van der Waals surface area contributed by atoms with Gasteiger partial charge in [-0.15, -0.1) is 11.6 Å². The van der Waals surface area contributed by atoms with Crippen LogP contribution >= 0.6 is 11.6 Å². The summed E-state index contributed by atoms with van der Waals surface area (Å²) < 4.78 is 15.5. The number of halogens is 2. The zero-order valence-electron chi connectivity index (χ0n) is 11.9. The number of rotatable bonds is 4. The lowest BCUT2D eigenvalue weighted by molar-refractivity contribution is -0.115. The Hall–Kier alpha value is -2.41. The Morgan fingerprint density at radius 2 is 2.09 bits per heavy atom. The lowest BCUT2D eigenvalue weighted by Gasteiger charge is -2.12. The van der Waals surface area contributed by atoms with Gasteiger partial charge in [0, 0.05) is 13.2 Å². The van der Waals surface area contributed by atoms with E-state index in [1.165, 1.54) is 29.9 Å². The number of hydrogen-bond donors (Lipinski definition) is 2. The van der Waals surface area contributed by atoms with E-state index in [9.17, 15) is 14.0 Å². The number of aromatic nitrogens is 2. The van der Waals surface area contributed by atoms with Crippen molar-refractivity contribution in [3.63, 3.8) is 0 Å². The fourth-order valence-electron chi connectivity index (χ4n) is 1.77. The minimum Gasteiger partial charge on any atom is -0.324 e. The number of alkyl halides is 1. The van der Waals surface area contributed by atoms with Gasteiger partial charge in [-0.2, -0.15) is 5.10 Å². The van der Waals surface area contributed by atoms with Crippen LogP contribution in [0.5, 0.6) is 0 Å². The molecule has 2 N–H and O–H groups in total. The highest BCUT2D eigenvalue weighted by molar-refractivity contribution is 6.32. The Morgan fingerprint density at radius 3 is 2.68 bits per heavy atom. The Bertz CT molecular complexity index is 715. The van der Waals surface area contributed by atoms with Crippen molar-refractivity contribution in [3.8, 4) is 0 Å². The van der Waals surface area contributed by atoms with Gasteiger partial charge in [-0.05, 0) is 19.1 Å². The fraction of sp³-hybridized carbons (Fsp3) is 0.214. The molecule has 22 heavy (non-hydrogen) atoms. The van der Waals surface area contributed by atoms with Crippen molar-refractivity contribution < 1.29 is 14.0 Å². The maximum Gasteiger partial charge on any atom is 0.260 e. The van der Waals surface area contributed by atoms with E-state index in [0.717, 1.165) is 6.07 Å². The van der Waals surface area contributed by atoms with Crippen molar-refractivity contribution in [3.05, 3.63) is 42.0 Å². The van der Waals surface area contributed by atoms with Gasteiger partial charge in [0.15, 0.2) is 0 Å². The minimum absolute atomic E-state index is 0.0545. The number of hydrogen-bond acceptors (Lipinski definition) is 3. The molecular weight excluding hydrogens is 311 g/mol. The van der Waals surface area contributed by atoms with Crippen LogP contribution in [0.15, 0.2) is 30.6 Å². The summed E-state index contributed by atoms with van der Waals surface area (Å²) in [7, 11) is 1.69. The van der Waals surface area contributed by atoms with Crippen molar-refractivity contribution in [2.75, 3.05) is 10.6 Å². The molecule has 0 radical (unpaired) electrons. The molecule has 1 aromatic heterocycles. The number of benzene rings is 1. The van der Waals surface area contributed by atoms with E-state index in [0.29, 0.717) is 5.69 Å². The Labute approximate surface area is 131 Å². The summed E-state index contributed by atoms with van der Waals surface area (Å²) in [6, 6.07) is 3.96. The maximum absolute atomic E-state index is 14.0. The summed E-state index contributed by atoms with van der Waals surface area (Å²) in [6.07, 6.45) is 3.00. The molecular formula is C14H14ClFN4O2. The van der Waals surface area contributed by atoms with Gasteiger partial charge in [-0.1, -0.05) is 6.07 Å². The van der Waals surface area contributed by atoms with Crippen LogP contribution in [0.1, 0.15) is 17.3 Å². The topological polar surface area (TPSA) is 76.0 Å². The molecule has 2 amide bonds. The van der Waals surface area contributed by atoms with E-state index < -0.39 is 23.0 Å². The van der Waals surface area contributed by atoms with E-state index in [1.807, 2.05) is 0 Å². The highest BCUT2D eigenvalue weighted by Gasteiger charge is 2.20. The zero-order chi connectivity index (χ0) is 16.3. The van der Waals surface area contributed by atoms with Gasteiger partial charge in [0.05, 0.1) is 23.1 Å². The monoisotopic (exact) mass is 324 g/mol. The highest BCUT2D eigenvalue weighted by atomic mass is 35.5. The minimum atomic E-state index is -0.808. The van der Waals surface area contributed by atoms with E-state index in [1.54, 1.807) is 13.2 Å². The zero-order valence-corrected chi connectivity index (χ0v) is 12.7. The second-order valence-electron chi connectivity index (χ2n) is 4.62. The summed E-state index contributed by atoms with van der Waals surface area (Å²) >= 11 is 5.66. The first kappa shape index (κ1) is 16.0. The molecule has 1 heterocycles. The molecule has 2 rings (SSSR count). The molecule has 0 bridgehead atoms. The summed E-state index contributed by atoms with van der Waals surface area (Å²) in [6.45, 7) is 1.48. The van der Waals surface area contributed by atoms with Crippen molar-refractivity contribution >= 4 is 34.8 Å². The number of anilines is 2. The van der Waals surface area contributed by atoms with E-state index in [-0.39, 0.29) is 11.3 Å². The number of aryl methyl sites for hydroxylation is 1. The highest BCUT2D eigenvalue weighted by Crippen LogP contribution is 2.21. The van der Waals surface area contributed by atoms with Gasteiger partial charge < -0.3 is 10.6 Å². The first-order valence-corrected chi connectivity index (χ1v) is 6.85. The second kappa shape index (κ2) is 6.57. The third-order valence-corrected chi connectivity index (χ3v) is 3.02. The Morgan fingerprint density at radius 1 is 1.36 bits per heavy atom. The molecule has 1 atom stereocenters. The predicted molar refractivity (Wildman–Crippen MR) is 81.5 cm³/mol. The number of nitrogens with one attached hydrogen (secondary N) is 2. The van der Waals surface area contributed by atoms with E-state index in [2.05, 4.69) is 15.7 Å². The smallest absolute Gasteiger partial charge is 0.260 e. The van der Waals surface area contributed by atoms with Gasteiger partial charge >= 0.3 is 0 Å². The lowest BCUT2D eigenvalue weighted by Crippen LogP contribution is -2.23. The van der Waals surface area contributed by atoms with Crippen molar-refractivity contribution in [1.82, 2.24) is 9.78 Å². The molecule has 0 fully saturated rings. The molecule has 0 saturated heterocycles. The van der Waals surface area contributed by atoms with Gasteiger partial charge in [-0.3, -0.25) is 14.3 Å². The quantitative estimate of drug-likeness (QED) is 0.848. The van der Waals surface area contributed by atoms with E-state index in [4.69, 9.17) is 11.6 Å². The van der Waals surface area contributed by atoms with Crippen molar-refractivity contribution in [2.24, 2.45) is 7.05 Å². The molecule has 0 aliphatic rings. The Kier molecular flexibility index (Phi) is 4.77. The second-order valence-corrected chi connectivity index (χ2v) is 5.28. The molecule has 0 aliphatic heterocycles. The molecule has 1 unspecified atom stereocenters. The van der Waals surface area contributed by atoms with Gasteiger partial charge in [0.2, 0.25) is 5.91 Å². The standard InChI is InChI=1S/C14H14ClFN4O2/c1-8(15)13(21)19-11-5-3-4-10(16)12(11)14(22)18-9-6-17-20(2)7-9/h3-8H,1-2H3,(H,18,22)(H,19,21). The van der Waals surface area contributed by atoms with Crippen LogP contribution in [-0.4, -0.2) is 27.0 Å². The first-order chi connectivity index (χ1) is 10.4. The summed E-state index contributed by atoms with van der Waals surface area (Å²) in [5.41, 5.74) is 0.203. The average molecular weight is 325 g/mol. The average Bonchev–Trinajstić information content (AvgIpc) is 2.83. The predicted octanol–water partition coefficient (Wildman–Crippen LogP) is 2.38. The first-order valence-electron chi connectivity index (χ1n) is 6.42. The molecule has 8 heteroatoms. The lowest BCUT2D eigenvalue weighted by atomic mass is 10.1. The molecule has 116 valence electrons. The maximum atomic E-state index is 14.0. The number of carbonyl (C=O) groups excluding carboxylic acids is 2. The van der Waals surface area contributed by atoms with Crippen molar-refractivity contribution in [2.45, 2.75) is 12.3 Å². The summed E-state index contributed by atoms with van der Waals surface area (Å²) in [5.74, 6) is -1.97.